The van der Waals surface area contributed by atoms with Crippen LogP contribution >= 0.6 is 0 Å². The van der Waals surface area contributed by atoms with Gasteiger partial charge in [-0.25, -0.2) is 4.98 Å². The molecule has 2 aliphatic rings. The Morgan fingerprint density at radius 1 is 1.16 bits per heavy atom. The Balaban J connectivity index is 1.73. The number of Topliss-reactive ketones (excluding diaryl/α,β-unsaturated/α-hetero) is 1. The minimum Gasteiger partial charge on any atom is -0.515 e. The van der Waals surface area contributed by atoms with Gasteiger partial charge >= 0.3 is 5.97 Å². The summed E-state index contributed by atoms with van der Waals surface area (Å²) < 4.78 is 13.3. The number of carbonyl (C=O) groups is 3. The van der Waals surface area contributed by atoms with Crippen molar-refractivity contribution in [2.45, 2.75) is 85.4 Å². The number of methoxy groups -OCH3 is 1. The van der Waals surface area contributed by atoms with Gasteiger partial charge in [-0.05, 0) is 80.4 Å². The van der Waals surface area contributed by atoms with Crippen molar-refractivity contribution in [3.05, 3.63) is 70.3 Å². The monoisotopic (exact) mass is 693 g/mol. The van der Waals surface area contributed by atoms with Gasteiger partial charge in [0.05, 0.1) is 11.8 Å². The fraction of sp³-hybridized carbons (Fsp3) is 0.415. The van der Waals surface area contributed by atoms with Crippen LogP contribution in [-0.4, -0.2) is 56.6 Å². The number of pyridine rings is 1. The van der Waals surface area contributed by atoms with Crippen LogP contribution in [-0.2, 0) is 19.1 Å². The van der Waals surface area contributed by atoms with Gasteiger partial charge in [0.1, 0.15) is 34.6 Å². The predicted molar refractivity (Wildman–Crippen MR) is 198 cm³/mol. The van der Waals surface area contributed by atoms with E-state index in [0.717, 1.165) is 25.5 Å². The molecule has 3 N–H and O–H groups in total. The molecule has 0 radical (unpaired) electrons. The molecule has 3 heterocycles. The highest BCUT2D eigenvalue weighted by Gasteiger charge is 2.30. The summed E-state index contributed by atoms with van der Waals surface area (Å²) in [4.78, 5) is 44.3. The van der Waals surface area contributed by atoms with Gasteiger partial charge in [0, 0.05) is 36.2 Å². The number of esters is 1. The van der Waals surface area contributed by atoms with E-state index >= 15 is 0 Å². The molecule has 1 aliphatic heterocycles. The fourth-order valence-electron chi connectivity index (χ4n) is 7.04. The number of aromatic hydroxyl groups is 1. The number of benzene rings is 1. The standard InChI is InChI=1S/C41H47N3O7/c1-24-12-10-15-26(3)40(51-28(5)46)25(2)14-8-7-9-17-30-32(50-6)19-18-31(47)35-34(30)36-38(44-21-20-29(23-45)22-33(44)42-36)37(39(35)48)43-41(49)27(4)16-11-13-24/h7-8,11,13,16,20-26,32,40,45,48H,9-10,12,14-15,17H2,1-6H3,(H,43,49)/b8-7+,13-11+,27-16-,29-23?/t24?,25-,26?,32?,40?/m1/s1. The quantitative estimate of drug-likeness (QED) is 0.0971. The van der Waals surface area contributed by atoms with Gasteiger partial charge in [0.25, 0.3) is 5.91 Å². The number of phenolic OH excluding ortho intramolecular Hbond substituents is 1. The van der Waals surface area contributed by atoms with Crippen LogP contribution in [0.3, 0.4) is 0 Å². The van der Waals surface area contributed by atoms with E-state index in [1.807, 2.05) is 12.2 Å². The van der Waals surface area contributed by atoms with E-state index in [9.17, 15) is 24.6 Å². The third-order valence-corrected chi connectivity index (χ3v) is 9.79. The molecular formula is C41H47N3O7. The van der Waals surface area contributed by atoms with E-state index in [1.54, 1.807) is 35.7 Å². The Bertz CT molecular complexity index is 2130. The van der Waals surface area contributed by atoms with Crippen molar-refractivity contribution in [3.63, 3.8) is 0 Å². The average molecular weight is 694 g/mol. The maximum atomic E-state index is 13.7. The van der Waals surface area contributed by atoms with Gasteiger partial charge in [0.15, 0.2) is 5.75 Å². The third kappa shape index (κ3) is 8.10. The lowest BCUT2D eigenvalue weighted by molar-refractivity contribution is -0.152. The Morgan fingerprint density at radius 2 is 1.94 bits per heavy atom. The number of nitrogens with one attached hydrogen (secondary N) is 1. The first-order valence-electron chi connectivity index (χ1n) is 17.6. The normalized spacial score (nSPS) is 26.5. The summed E-state index contributed by atoms with van der Waals surface area (Å²) in [6.07, 6.45) is 15.9. The van der Waals surface area contributed by atoms with Gasteiger partial charge in [-0.15, -0.1) is 0 Å². The molecule has 0 fully saturated rings. The number of allylic oxidation sites excluding steroid dienone is 5. The summed E-state index contributed by atoms with van der Waals surface area (Å²) >= 11 is 0. The summed E-state index contributed by atoms with van der Waals surface area (Å²) in [6, 6.07) is 3.34. The molecule has 10 nitrogen and oxygen atoms in total. The second-order valence-corrected chi connectivity index (χ2v) is 13.7. The first-order chi connectivity index (χ1) is 24.4. The Labute approximate surface area is 298 Å². The van der Waals surface area contributed by atoms with E-state index in [2.05, 4.69) is 50.1 Å². The van der Waals surface area contributed by atoms with Gasteiger partial charge in [-0.3, -0.25) is 18.8 Å². The SMILES string of the molecule is COC1C#CC(=O)c2c(O)c3c4c(nc5cc(=CO)ccn54)c2=C1CC/C=C/C[C@@H](C)C(OC(C)=O)C(C)CCCC(C)/C=C/C=C(/C)C(=O)N3. The topological polar surface area (TPSA) is 139 Å². The lowest BCUT2D eigenvalue weighted by atomic mass is 9.86. The van der Waals surface area contributed by atoms with Crippen molar-refractivity contribution in [3.8, 4) is 17.6 Å². The fourth-order valence-corrected chi connectivity index (χ4v) is 7.04. The zero-order valence-corrected chi connectivity index (χ0v) is 30.2. The smallest absolute Gasteiger partial charge is 0.302 e. The number of aromatic nitrogens is 2. The lowest BCUT2D eigenvalue weighted by Crippen LogP contribution is -2.31. The van der Waals surface area contributed by atoms with Crippen molar-refractivity contribution < 1.29 is 34.1 Å². The number of aliphatic hydroxyl groups is 1. The number of anilines is 1. The molecule has 2 aromatic heterocycles. The van der Waals surface area contributed by atoms with Gasteiger partial charge < -0.3 is 25.0 Å². The highest BCUT2D eigenvalue weighted by Crippen LogP contribution is 2.36. The van der Waals surface area contributed by atoms with Crippen LogP contribution < -0.4 is 15.8 Å². The predicted octanol–water partition coefficient (Wildman–Crippen LogP) is 6.05. The van der Waals surface area contributed by atoms with Crippen molar-refractivity contribution in [1.82, 2.24) is 9.38 Å². The maximum Gasteiger partial charge on any atom is 0.302 e. The van der Waals surface area contributed by atoms with Crippen LogP contribution in [0.2, 0.25) is 0 Å². The molecule has 1 amide bonds. The van der Waals surface area contributed by atoms with E-state index in [4.69, 9.17) is 14.5 Å². The minimum absolute atomic E-state index is 0.0289. The number of amides is 1. The third-order valence-electron chi connectivity index (χ3n) is 9.79. The number of nitrogens with zero attached hydrogens (tertiary/aromatic N) is 2. The highest BCUT2D eigenvalue weighted by molar-refractivity contribution is 6.18. The van der Waals surface area contributed by atoms with Gasteiger partial charge in [-0.2, -0.15) is 0 Å². The Hall–Kier alpha value is -5.14. The van der Waals surface area contributed by atoms with Gasteiger partial charge in [0.2, 0.25) is 5.78 Å². The van der Waals surface area contributed by atoms with E-state index < -0.39 is 23.5 Å². The number of ether oxygens (including phenoxy) is 2. The number of hydrogen-bond donors (Lipinski definition) is 3. The zero-order chi connectivity index (χ0) is 36.8. The number of ketones is 1. The summed E-state index contributed by atoms with van der Waals surface area (Å²) in [7, 11) is 1.52. The molecule has 4 unspecified atom stereocenters. The molecule has 51 heavy (non-hydrogen) atoms. The second-order valence-electron chi connectivity index (χ2n) is 13.7. The largest absolute Gasteiger partial charge is 0.515 e. The summed E-state index contributed by atoms with van der Waals surface area (Å²) in [5, 5.41) is 25.4. The molecule has 1 aliphatic carbocycles. The number of imidazole rings is 1. The van der Waals surface area contributed by atoms with E-state index in [-0.39, 0.29) is 41.1 Å². The van der Waals surface area contributed by atoms with Crippen LogP contribution in [0.15, 0.2) is 54.3 Å². The van der Waals surface area contributed by atoms with E-state index in [1.165, 1.54) is 14.0 Å². The number of phenols is 1. The van der Waals surface area contributed by atoms with Crippen molar-refractivity contribution in [2.24, 2.45) is 17.8 Å². The molecule has 0 saturated carbocycles. The second kappa shape index (κ2) is 16.3. The van der Waals surface area contributed by atoms with Gasteiger partial charge in [-0.1, -0.05) is 63.5 Å². The summed E-state index contributed by atoms with van der Waals surface area (Å²) in [6.45, 7) is 9.49. The van der Waals surface area contributed by atoms with Crippen LogP contribution in [0.25, 0.3) is 28.5 Å². The Morgan fingerprint density at radius 3 is 2.67 bits per heavy atom. The molecular weight excluding hydrogens is 646 g/mol. The number of hydrogen-bond acceptors (Lipinski definition) is 8. The minimum atomic E-state index is -0.764. The molecule has 10 heteroatoms. The van der Waals surface area contributed by atoms with Crippen molar-refractivity contribution >= 4 is 51.9 Å². The van der Waals surface area contributed by atoms with Crippen LogP contribution in [0.5, 0.6) is 5.75 Å². The number of fused-ring (bicyclic) bond motifs is 1. The van der Waals surface area contributed by atoms with Crippen molar-refractivity contribution in [2.75, 3.05) is 12.4 Å². The van der Waals surface area contributed by atoms with Crippen LogP contribution in [0.4, 0.5) is 5.69 Å². The molecule has 268 valence electrons. The van der Waals surface area contributed by atoms with Crippen molar-refractivity contribution in [1.29, 1.82) is 0 Å². The van der Waals surface area contributed by atoms with Crippen LogP contribution in [0.1, 0.15) is 83.5 Å². The van der Waals surface area contributed by atoms with Crippen LogP contribution in [0, 0.1) is 29.6 Å². The molecule has 0 spiro atoms. The highest BCUT2D eigenvalue weighted by atomic mass is 16.5. The lowest BCUT2D eigenvalue weighted by Gasteiger charge is -2.29. The zero-order valence-electron chi connectivity index (χ0n) is 30.2. The molecule has 3 aromatic rings. The molecule has 5 rings (SSSR count). The number of carbonyl (C=O) groups excluding carboxylic acids is 3. The average Bonchev–Trinajstić information content (AvgIpc) is 3.41. The molecule has 5 atom stereocenters. The Kier molecular flexibility index (Phi) is 11.8. The maximum absolute atomic E-state index is 13.7. The van der Waals surface area contributed by atoms with E-state index in [0.29, 0.717) is 57.5 Å². The molecule has 0 saturated heterocycles. The molecule has 2 bridgehead atoms. The number of rotatable bonds is 2. The first kappa shape index (κ1) is 37.1. The summed E-state index contributed by atoms with van der Waals surface area (Å²) in [5.41, 5.74) is 2.21. The molecule has 1 aromatic carbocycles. The number of aliphatic hydroxyl groups excluding tert-OH is 1. The summed E-state index contributed by atoms with van der Waals surface area (Å²) in [5.74, 6) is 4.29. The first-order valence-corrected chi connectivity index (χ1v) is 17.6.